The van der Waals surface area contributed by atoms with E-state index in [1.807, 2.05) is 0 Å². The zero-order valence-electron chi connectivity index (χ0n) is 11.5. The molecule has 114 valence electrons. The van der Waals surface area contributed by atoms with Gasteiger partial charge in [0.1, 0.15) is 11.2 Å². The molecule has 0 spiro atoms. The lowest BCUT2D eigenvalue weighted by Crippen LogP contribution is -2.47. The van der Waals surface area contributed by atoms with Gasteiger partial charge in [-0.1, -0.05) is 0 Å². The van der Waals surface area contributed by atoms with Crippen molar-refractivity contribution in [1.29, 1.82) is 0 Å². The number of hydrogen-bond donors (Lipinski definition) is 1. The van der Waals surface area contributed by atoms with Crippen LogP contribution < -0.4 is 4.90 Å². The van der Waals surface area contributed by atoms with E-state index in [0.717, 1.165) is 11.8 Å². The molecule has 0 saturated carbocycles. The topological polar surface area (TPSA) is 87.6 Å². The second kappa shape index (κ2) is 6.48. The van der Waals surface area contributed by atoms with Crippen molar-refractivity contribution >= 4 is 39.5 Å². The van der Waals surface area contributed by atoms with Gasteiger partial charge in [-0.2, -0.15) is 11.8 Å². The van der Waals surface area contributed by atoms with Crippen LogP contribution in [0.3, 0.4) is 0 Å². The van der Waals surface area contributed by atoms with Crippen molar-refractivity contribution in [3.05, 3.63) is 30.0 Å². The molecule has 8 heteroatoms. The van der Waals surface area contributed by atoms with E-state index in [1.54, 1.807) is 35.0 Å². The van der Waals surface area contributed by atoms with Crippen molar-refractivity contribution in [2.24, 2.45) is 0 Å². The number of carboxylic acid groups (broad SMARTS) is 1. The number of pyridine rings is 1. The van der Waals surface area contributed by atoms with Gasteiger partial charge in [0.2, 0.25) is 0 Å². The second-order valence-corrected chi connectivity index (χ2v) is 7.99. The predicted octanol–water partition coefficient (Wildman–Crippen LogP) is 1.10. The van der Waals surface area contributed by atoms with Crippen LogP contribution in [0.2, 0.25) is 0 Å². The smallest absolute Gasteiger partial charge is 0.328 e. The van der Waals surface area contributed by atoms with Crippen LogP contribution in [0.1, 0.15) is 5.56 Å². The third-order valence-corrected chi connectivity index (χ3v) is 5.72. The van der Waals surface area contributed by atoms with Crippen molar-refractivity contribution in [2.45, 2.75) is 5.37 Å². The number of carbonyl (C=O) groups is 1. The lowest BCUT2D eigenvalue weighted by molar-refractivity contribution is -0.131. The lowest BCUT2D eigenvalue weighted by Gasteiger charge is -2.35. The van der Waals surface area contributed by atoms with Crippen LogP contribution in [-0.2, 0) is 14.6 Å². The van der Waals surface area contributed by atoms with Crippen LogP contribution in [0.25, 0.3) is 6.08 Å². The highest BCUT2D eigenvalue weighted by molar-refractivity contribution is 8.01. The summed E-state index contributed by atoms with van der Waals surface area (Å²) >= 11 is 1.59. The van der Waals surface area contributed by atoms with Gasteiger partial charge >= 0.3 is 5.97 Å². The molecular weight excluding hydrogens is 312 g/mol. The zero-order chi connectivity index (χ0) is 15.5. The minimum atomic E-state index is -3.25. The summed E-state index contributed by atoms with van der Waals surface area (Å²) in [5, 5.41) is 8.10. The van der Waals surface area contributed by atoms with E-state index in [2.05, 4.69) is 4.98 Å². The summed E-state index contributed by atoms with van der Waals surface area (Å²) in [6, 6.07) is 3.42. The number of rotatable bonds is 4. The van der Waals surface area contributed by atoms with Crippen LogP contribution in [0.15, 0.2) is 24.4 Å². The normalized spacial score (nSPS) is 19.9. The summed E-state index contributed by atoms with van der Waals surface area (Å²) in [4.78, 5) is 16.7. The van der Waals surface area contributed by atoms with Crippen molar-refractivity contribution in [2.75, 3.05) is 29.2 Å². The molecule has 1 aliphatic rings. The van der Waals surface area contributed by atoms with E-state index in [9.17, 15) is 13.2 Å². The van der Waals surface area contributed by atoms with E-state index in [-0.39, 0.29) is 0 Å². The molecule has 1 saturated heterocycles. The van der Waals surface area contributed by atoms with Crippen LogP contribution in [-0.4, -0.2) is 54.2 Å². The summed E-state index contributed by atoms with van der Waals surface area (Å²) in [6.45, 7) is 0.563. The maximum Gasteiger partial charge on any atom is 0.328 e. The minimum absolute atomic E-state index is 0.484. The van der Waals surface area contributed by atoms with Crippen LogP contribution in [0, 0.1) is 0 Å². The Morgan fingerprint density at radius 2 is 2.33 bits per heavy atom. The molecule has 1 aliphatic heterocycles. The molecule has 2 rings (SSSR count). The molecular formula is C13H16N2O4S2. The van der Waals surface area contributed by atoms with Gasteiger partial charge in [0.25, 0.3) is 0 Å². The Bertz CT molecular complexity index is 658. The van der Waals surface area contributed by atoms with Crippen LogP contribution in [0.4, 0.5) is 5.82 Å². The monoisotopic (exact) mass is 328 g/mol. The molecule has 0 bridgehead atoms. The average Bonchev–Trinajstić information content (AvgIpc) is 2.44. The minimum Gasteiger partial charge on any atom is -0.478 e. The Labute approximate surface area is 127 Å². The standard InChI is InChI=1S/C13H16N2O4S2/c1-21(18,19)11-9-20-8-7-15(11)13-10(3-2-6-14-13)4-5-12(16)17/h2-6,11H,7-9H2,1H3,(H,16,17)/b5-4+. The molecule has 0 aliphatic carbocycles. The van der Waals surface area contributed by atoms with Crippen molar-refractivity contribution < 1.29 is 18.3 Å². The first-order chi connectivity index (χ1) is 9.89. The maximum atomic E-state index is 12.0. The number of aliphatic carboxylic acids is 1. The van der Waals surface area contributed by atoms with Gasteiger partial charge in [-0.3, -0.25) is 0 Å². The molecule has 0 aromatic carbocycles. The third kappa shape index (κ3) is 3.98. The van der Waals surface area contributed by atoms with E-state index in [0.29, 0.717) is 23.7 Å². The Hall–Kier alpha value is -1.54. The van der Waals surface area contributed by atoms with E-state index >= 15 is 0 Å². The van der Waals surface area contributed by atoms with Gasteiger partial charge in [-0.15, -0.1) is 0 Å². The van der Waals surface area contributed by atoms with Crippen molar-refractivity contribution in [3.8, 4) is 0 Å². The first kappa shape index (κ1) is 15.8. The Morgan fingerprint density at radius 3 is 3.00 bits per heavy atom. The van der Waals surface area contributed by atoms with Gasteiger partial charge in [0, 0.05) is 42.1 Å². The van der Waals surface area contributed by atoms with Gasteiger partial charge < -0.3 is 10.0 Å². The fraction of sp³-hybridized carbons (Fsp3) is 0.385. The summed E-state index contributed by atoms with van der Waals surface area (Å²) in [7, 11) is -3.25. The Balaban J connectivity index is 2.42. The molecule has 1 aromatic heterocycles. The van der Waals surface area contributed by atoms with Crippen LogP contribution in [0.5, 0.6) is 0 Å². The van der Waals surface area contributed by atoms with Crippen molar-refractivity contribution in [1.82, 2.24) is 4.98 Å². The predicted molar refractivity (Wildman–Crippen MR) is 84.2 cm³/mol. The van der Waals surface area contributed by atoms with Crippen molar-refractivity contribution in [3.63, 3.8) is 0 Å². The Kier molecular flexibility index (Phi) is 4.89. The first-order valence-corrected chi connectivity index (χ1v) is 9.40. The summed E-state index contributed by atoms with van der Waals surface area (Å²) in [5.74, 6) is 0.742. The Morgan fingerprint density at radius 1 is 1.57 bits per heavy atom. The number of nitrogens with zero attached hydrogens (tertiary/aromatic N) is 2. The van der Waals surface area contributed by atoms with E-state index < -0.39 is 21.2 Å². The van der Waals surface area contributed by atoms with Gasteiger partial charge in [0.05, 0.1) is 0 Å². The number of anilines is 1. The molecule has 0 amide bonds. The number of thioether (sulfide) groups is 1. The summed E-state index contributed by atoms with van der Waals surface area (Å²) in [5.41, 5.74) is 0.598. The fourth-order valence-electron chi connectivity index (χ4n) is 2.12. The maximum absolute atomic E-state index is 12.0. The zero-order valence-corrected chi connectivity index (χ0v) is 13.1. The second-order valence-electron chi connectivity index (χ2n) is 4.64. The molecule has 1 unspecified atom stereocenters. The highest BCUT2D eigenvalue weighted by Gasteiger charge is 2.32. The van der Waals surface area contributed by atoms with E-state index in [1.165, 1.54) is 12.3 Å². The molecule has 2 heterocycles. The quantitative estimate of drug-likeness (QED) is 0.828. The molecule has 1 fully saturated rings. The van der Waals surface area contributed by atoms with Gasteiger partial charge in [-0.25, -0.2) is 18.2 Å². The first-order valence-electron chi connectivity index (χ1n) is 6.29. The SMILES string of the molecule is CS(=O)(=O)C1CSCCN1c1ncccc1/C=C/C(=O)O. The van der Waals surface area contributed by atoms with Gasteiger partial charge in [-0.05, 0) is 18.2 Å². The number of hydrogen-bond acceptors (Lipinski definition) is 6. The number of aromatic nitrogens is 1. The molecule has 1 N–H and O–H groups in total. The largest absolute Gasteiger partial charge is 0.478 e. The fourth-order valence-corrected chi connectivity index (χ4v) is 4.94. The van der Waals surface area contributed by atoms with Crippen LogP contribution >= 0.6 is 11.8 Å². The summed E-state index contributed by atoms with van der Waals surface area (Å²) < 4.78 is 23.9. The third-order valence-electron chi connectivity index (χ3n) is 3.07. The lowest BCUT2D eigenvalue weighted by atomic mass is 10.2. The molecule has 1 aromatic rings. The number of carboxylic acids is 1. The molecule has 6 nitrogen and oxygen atoms in total. The highest BCUT2D eigenvalue weighted by Crippen LogP contribution is 2.28. The highest BCUT2D eigenvalue weighted by atomic mass is 32.2. The number of sulfone groups is 1. The van der Waals surface area contributed by atoms with Gasteiger partial charge in [0.15, 0.2) is 9.84 Å². The average molecular weight is 328 g/mol. The van der Waals surface area contributed by atoms with E-state index in [4.69, 9.17) is 5.11 Å². The molecule has 1 atom stereocenters. The molecule has 21 heavy (non-hydrogen) atoms. The summed E-state index contributed by atoms with van der Waals surface area (Å²) in [6.07, 6.45) is 5.25. The molecule has 0 radical (unpaired) electrons.